The molecule has 0 spiro atoms. The highest BCUT2D eigenvalue weighted by molar-refractivity contribution is 6.29. The largest absolute Gasteiger partial charge is 0.478 e. The van der Waals surface area contributed by atoms with Gasteiger partial charge in [-0.3, -0.25) is 0 Å². The zero-order chi connectivity index (χ0) is 11.4. The van der Waals surface area contributed by atoms with Gasteiger partial charge in [-0.25, -0.2) is 9.78 Å². The molecule has 1 rings (SSSR count). The summed E-state index contributed by atoms with van der Waals surface area (Å²) in [6.07, 6.45) is 0. The standard InChI is InChI=1S/C10H13ClN2O2/c1-3-13(4-2)9-6-7(10(14)15)5-8(11)12-9/h5-6H,3-4H2,1-2H3,(H,14,15). The van der Waals surface area contributed by atoms with Crippen LogP contribution in [-0.4, -0.2) is 29.1 Å². The van der Waals surface area contributed by atoms with Gasteiger partial charge in [0.1, 0.15) is 11.0 Å². The van der Waals surface area contributed by atoms with Gasteiger partial charge in [0.15, 0.2) is 0 Å². The van der Waals surface area contributed by atoms with E-state index in [-0.39, 0.29) is 10.7 Å². The summed E-state index contributed by atoms with van der Waals surface area (Å²) >= 11 is 5.75. The second-order valence-electron chi connectivity index (χ2n) is 3.01. The first-order valence-electron chi connectivity index (χ1n) is 4.74. The summed E-state index contributed by atoms with van der Waals surface area (Å²) < 4.78 is 0. The molecule has 4 nitrogen and oxygen atoms in total. The molecule has 0 aliphatic rings. The second-order valence-corrected chi connectivity index (χ2v) is 3.40. The molecule has 0 radical (unpaired) electrons. The fourth-order valence-corrected chi connectivity index (χ4v) is 1.52. The van der Waals surface area contributed by atoms with Gasteiger partial charge in [-0.2, -0.15) is 0 Å². The molecule has 5 heteroatoms. The number of halogens is 1. The maximum Gasteiger partial charge on any atom is 0.335 e. The van der Waals surface area contributed by atoms with Crippen LogP contribution in [0.5, 0.6) is 0 Å². The number of hydrogen-bond acceptors (Lipinski definition) is 3. The highest BCUT2D eigenvalue weighted by Crippen LogP contribution is 2.17. The minimum atomic E-state index is -0.993. The van der Waals surface area contributed by atoms with Crippen LogP contribution in [0.3, 0.4) is 0 Å². The van der Waals surface area contributed by atoms with Gasteiger partial charge in [0.25, 0.3) is 0 Å². The first-order chi connectivity index (χ1) is 7.08. The van der Waals surface area contributed by atoms with Crippen LogP contribution in [0.1, 0.15) is 24.2 Å². The van der Waals surface area contributed by atoms with E-state index in [0.717, 1.165) is 13.1 Å². The number of carboxylic acid groups (broad SMARTS) is 1. The molecule has 0 unspecified atom stereocenters. The van der Waals surface area contributed by atoms with Crippen molar-refractivity contribution >= 4 is 23.4 Å². The summed E-state index contributed by atoms with van der Waals surface area (Å²) in [5, 5.41) is 9.06. The normalized spacial score (nSPS) is 10.1. The van der Waals surface area contributed by atoms with E-state index in [1.54, 1.807) is 0 Å². The van der Waals surface area contributed by atoms with Gasteiger partial charge < -0.3 is 10.0 Å². The molecule has 0 aliphatic carbocycles. The third kappa shape index (κ3) is 2.83. The second kappa shape index (κ2) is 4.98. The Kier molecular flexibility index (Phi) is 3.91. The number of rotatable bonds is 4. The molecule has 1 heterocycles. The first kappa shape index (κ1) is 11.8. The van der Waals surface area contributed by atoms with Crippen LogP contribution < -0.4 is 4.90 Å². The SMILES string of the molecule is CCN(CC)c1cc(C(=O)O)cc(Cl)n1. The molecule has 0 saturated carbocycles. The number of carbonyl (C=O) groups is 1. The van der Waals surface area contributed by atoms with E-state index in [0.29, 0.717) is 5.82 Å². The predicted octanol–water partition coefficient (Wildman–Crippen LogP) is 2.28. The number of nitrogens with zero attached hydrogens (tertiary/aromatic N) is 2. The van der Waals surface area contributed by atoms with Gasteiger partial charge in [0.05, 0.1) is 5.56 Å². The van der Waals surface area contributed by atoms with Gasteiger partial charge in [-0.1, -0.05) is 11.6 Å². The summed E-state index contributed by atoms with van der Waals surface area (Å²) in [5.41, 5.74) is 0.164. The molecule has 15 heavy (non-hydrogen) atoms. The van der Waals surface area contributed by atoms with E-state index < -0.39 is 5.97 Å². The van der Waals surface area contributed by atoms with E-state index in [1.807, 2.05) is 18.7 Å². The van der Waals surface area contributed by atoms with Crippen LogP contribution in [0.15, 0.2) is 12.1 Å². The summed E-state index contributed by atoms with van der Waals surface area (Å²) in [4.78, 5) is 16.8. The highest BCUT2D eigenvalue weighted by atomic mass is 35.5. The average molecular weight is 229 g/mol. The van der Waals surface area contributed by atoms with E-state index in [9.17, 15) is 4.79 Å². The van der Waals surface area contributed by atoms with Crippen molar-refractivity contribution in [3.63, 3.8) is 0 Å². The molecule has 1 aromatic rings. The Morgan fingerprint density at radius 2 is 2.07 bits per heavy atom. The monoisotopic (exact) mass is 228 g/mol. The van der Waals surface area contributed by atoms with Gasteiger partial charge in [0.2, 0.25) is 0 Å². The molecular weight excluding hydrogens is 216 g/mol. The minimum absolute atomic E-state index is 0.164. The summed E-state index contributed by atoms with van der Waals surface area (Å²) in [5.74, 6) is -0.391. The molecule has 0 fully saturated rings. The predicted molar refractivity (Wildman–Crippen MR) is 59.8 cm³/mol. The zero-order valence-electron chi connectivity index (χ0n) is 8.70. The Labute approximate surface area is 93.5 Å². The Bertz CT molecular complexity index is 364. The van der Waals surface area contributed by atoms with Crippen molar-refractivity contribution in [2.24, 2.45) is 0 Å². The number of aromatic nitrogens is 1. The lowest BCUT2D eigenvalue weighted by Gasteiger charge is -2.20. The maximum absolute atomic E-state index is 10.8. The number of hydrogen-bond donors (Lipinski definition) is 1. The smallest absolute Gasteiger partial charge is 0.335 e. The molecule has 0 amide bonds. The Hall–Kier alpha value is -1.29. The van der Waals surface area contributed by atoms with E-state index in [1.165, 1.54) is 12.1 Å². The van der Waals surface area contributed by atoms with E-state index >= 15 is 0 Å². The fourth-order valence-electron chi connectivity index (χ4n) is 1.32. The van der Waals surface area contributed by atoms with Crippen molar-refractivity contribution < 1.29 is 9.90 Å². The highest BCUT2D eigenvalue weighted by Gasteiger charge is 2.10. The first-order valence-corrected chi connectivity index (χ1v) is 5.12. The molecule has 1 N–H and O–H groups in total. The number of aromatic carboxylic acids is 1. The van der Waals surface area contributed by atoms with Crippen molar-refractivity contribution in [3.05, 3.63) is 22.8 Å². The van der Waals surface area contributed by atoms with E-state index in [2.05, 4.69) is 4.98 Å². The van der Waals surface area contributed by atoms with Gasteiger partial charge in [0, 0.05) is 13.1 Å². The molecule has 0 saturated heterocycles. The maximum atomic E-state index is 10.8. The van der Waals surface area contributed by atoms with Gasteiger partial charge >= 0.3 is 5.97 Å². The quantitative estimate of drug-likeness (QED) is 0.804. The lowest BCUT2D eigenvalue weighted by molar-refractivity contribution is 0.0697. The van der Waals surface area contributed by atoms with Crippen LogP contribution in [0.4, 0.5) is 5.82 Å². The molecule has 0 aromatic carbocycles. The molecule has 1 aromatic heterocycles. The van der Waals surface area contributed by atoms with Crippen molar-refractivity contribution in [2.75, 3.05) is 18.0 Å². The third-order valence-electron chi connectivity index (χ3n) is 2.11. The summed E-state index contributed by atoms with van der Waals surface area (Å²) in [6.45, 7) is 5.49. The fraction of sp³-hybridized carbons (Fsp3) is 0.400. The molecular formula is C10H13ClN2O2. The van der Waals surface area contributed by atoms with Crippen molar-refractivity contribution in [3.8, 4) is 0 Å². The summed E-state index contributed by atoms with van der Waals surface area (Å²) in [6, 6.07) is 2.87. The topological polar surface area (TPSA) is 53.4 Å². The van der Waals surface area contributed by atoms with Crippen LogP contribution in [0.2, 0.25) is 5.15 Å². The number of pyridine rings is 1. The van der Waals surface area contributed by atoms with Gasteiger partial charge in [-0.15, -0.1) is 0 Å². The van der Waals surface area contributed by atoms with Gasteiger partial charge in [-0.05, 0) is 26.0 Å². The molecule has 0 bridgehead atoms. The van der Waals surface area contributed by atoms with E-state index in [4.69, 9.17) is 16.7 Å². The van der Waals surface area contributed by atoms with Crippen LogP contribution in [-0.2, 0) is 0 Å². The summed E-state index contributed by atoms with van der Waals surface area (Å²) in [7, 11) is 0. The Morgan fingerprint density at radius 1 is 1.47 bits per heavy atom. The Balaban J connectivity index is 3.13. The Morgan fingerprint density at radius 3 is 2.53 bits per heavy atom. The average Bonchev–Trinajstić information content (AvgIpc) is 2.18. The minimum Gasteiger partial charge on any atom is -0.478 e. The van der Waals surface area contributed by atoms with Crippen molar-refractivity contribution in [2.45, 2.75) is 13.8 Å². The van der Waals surface area contributed by atoms with Crippen LogP contribution in [0, 0.1) is 0 Å². The van der Waals surface area contributed by atoms with Crippen LogP contribution in [0.25, 0.3) is 0 Å². The molecule has 82 valence electrons. The van der Waals surface area contributed by atoms with Crippen molar-refractivity contribution in [1.82, 2.24) is 4.98 Å². The molecule has 0 atom stereocenters. The zero-order valence-corrected chi connectivity index (χ0v) is 9.45. The van der Waals surface area contributed by atoms with Crippen LogP contribution >= 0.6 is 11.6 Å². The van der Waals surface area contributed by atoms with Crippen molar-refractivity contribution in [1.29, 1.82) is 0 Å². The lowest BCUT2D eigenvalue weighted by Crippen LogP contribution is -2.23. The number of carboxylic acids is 1. The number of anilines is 1. The third-order valence-corrected chi connectivity index (χ3v) is 2.31. The lowest BCUT2D eigenvalue weighted by atomic mass is 10.2. The molecule has 0 aliphatic heterocycles.